The van der Waals surface area contributed by atoms with E-state index in [1.807, 2.05) is 6.92 Å². The van der Waals surface area contributed by atoms with Crippen molar-refractivity contribution in [1.29, 1.82) is 0 Å². The number of aromatic hydroxyl groups is 1. The van der Waals surface area contributed by atoms with Gasteiger partial charge in [0.15, 0.2) is 0 Å². The van der Waals surface area contributed by atoms with Gasteiger partial charge in [0.05, 0.1) is 17.2 Å². The van der Waals surface area contributed by atoms with Crippen LogP contribution in [0.1, 0.15) is 12.5 Å². The van der Waals surface area contributed by atoms with Crippen LogP contribution in [0, 0.1) is 0 Å². The molecule has 1 fully saturated rings. The number of amides is 2. The number of imide groups is 1. The Morgan fingerprint density at radius 2 is 1.83 bits per heavy atom. The number of carbonyl (C=O) groups excluding carboxylic acids is 2. The van der Waals surface area contributed by atoms with Gasteiger partial charge >= 0.3 is 0 Å². The number of nitrogens with zero attached hydrogens (tertiary/aromatic N) is 1. The summed E-state index contributed by atoms with van der Waals surface area (Å²) in [6.45, 7) is 2.27. The van der Waals surface area contributed by atoms with Crippen LogP contribution in [-0.4, -0.2) is 22.9 Å². The van der Waals surface area contributed by atoms with Crippen molar-refractivity contribution >= 4 is 34.7 Å². The Bertz CT molecular complexity index is 831. The van der Waals surface area contributed by atoms with Crippen molar-refractivity contribution in [2.75, 3.05) is 11.5 Å². The number of para-hydroxylation sites is 3. The van der Waals surface area contributed by atoms with E-state index in [0.29, 0.717) is 23.6 Å². The number of benzene rings is 2. The van der Waals surface area contributed by atoms with Crippen LogP contribution in [0.2, 0.25) is 0 Å². The average Bonchev–Trinajstić information content (AvgIpc) is 2.85. The minimum absolute atomic E-state index is 0.0546. The summed E-state index contributed by atoms with van der Waals surface area (Å²) < 4.78 is 5.50. The van der Waals surface area contributed by atoms with Gasteiger partial charge in [-0.25, -0.2) is 4.90 Å². The molecule has 2 amide bonds. The maximum absolute atomic E-state index is 12.7. The Balaban J connectivity index is 1.97. The number of phenols is 1. The van der Waals surface area contributed by atoms with Crippen LogP contribution < -0.4 is 9.64 Å². The zero-order chi connectivity index (χ0) is 17.1. The zero-order valence-electron chi connectivity index (χ0n) is 12.9. The molecule has 5 nitrogen and oxygen atoms in total. The highest BCUT2D eigenvalue weighted by atomic mass is 32.2. The summed E-state index contributed by atoms with van der Waals surface area (Å²) in [5, 5.41) is 9.44. The molecule has 3 rings (SSSR count). The largest absolute Gasteiger partial charge is 0.507 e. The van der Waals surface area contributed by atoms with Crippen LogP contribution in [0.15, 0.2) is 53.4 Å². The fraction of sp³-hybridized carbons (Fsp3) is 0.111. The van der Waals surface area contributed by atoms with Crippen molar-refractivity contribution in [3.8, 4) is 11.5 Å². The summed E-state index contributed by atoms with van der Waals surface area (Å²) in [7, 11) is 0. The highest BCUT2D eigenvalue weighted by Crippen LogP contribution is 2.40. The molecule has 1 aliphatic rings. The number of ether oxygens (including phenoxy) is 1. The van der Waals surface area contributed by atoms with Crippen molar-refractivity contribution in [2.45, 2.75) is 6.92 Å². The molecule has 0 saturated carbocycles. The molecular formula is C18H15NO4S. The standard InChI is InChI=1S/C18H15NO4S/c1-2-23-15-10-6-4-8-13(15)19-17(21)16(24-18(19)22)11-12-7-3-5-9-14(12)20/h3-11,20H,2H2,1H3/b16-11-. The van der Waals surface area contributed by atoms with Gasteiger partial charge in [0.1, 0.15) is 11.5 Å². The number of anilines is 1. The van der Waals surface area contributed by atoms with E-state index in [2.05, 4.69) is 0 Å². The van der Waals surface area contributed by atoms with E-state index in [4.69, 9.17) is 4.74 Å². The Morgan fingerprint density at radius 1 is 1.12 bits per heavy atom. The second-order valence-corrected chi connectivity index (χ2v) is 5.97. The first-order valence-electron chi connectivity index (χ1n) is 7.39. The number of hydrogen-bond acceptors (Lipinski definition) is 5. The van der Waals surface area contributed by atoms with Crippen molar-refractivity contribution in [2.24, 2.45) is 0 Å². The van der Waals surface area contributed by atoms with E-state index < -0.39 is 11.1 Å². The molecule has 1 aliphatic heterocycles. The molecule has 0 bridgehead atoms. The van der Waals surface area contributed by atoms with E-state index in [1.165, 1.54) is 12.1 Å². The Morgan fingerprint density at radius 3 is 2.58 bits per heavy atom. The van der Waals surface area contributed by atoms with Gasteiger partial charge in [-0.3, -0.25) is 9.59 Å². The molecule has 1 N–H and O–H groups in total. The highest BCUT2D eigenvalue weighted by molar-refractivity contribution is 8.19. The molecule has 2 aromatic carbocycles. The normalized spacial score (nSPS) is 16.0. The average molecular weight is 341 g/mol. The first-order chi connectivity index (χ1) is 11.6. The van der Waals surface area contributed by atoms with Crippen molar-refractivity contribution in [3.05, 3.63) is 59.0 Å². The van der Waals surface area contributed by atoms with Gasteiger partial charge in [-0.05, 0) is 43.0 Å². The Labute approximate surface area is 143 Å². The molecule has 6 heteroatoms. The molecule has 122 valence electrons. The molecule has 0 atom stereocenters. The predicted molar refractivity (Wildman–Crippen MR) is 94.2 cm³/mol. The molecule has 24 heavy (non-hydrogen) atoms. The van der Waals surface area contributed by atoms with Crippen molar-refractivity contribution < 1.29 is 19.4 Å². The quantitative estimate of drug-likeness (QED) is 0.851. The van der Waals surface area contributed by atoms with Gasteiger partial charge in [-0.15, -0.1) is 0 Å². The first-order valence-corrected chi connectivity index (χ1v) is 8.21. The molecule has 2 aromatic rings. The fourth-order valence-electron chi connectivity index (χ4n) is 2.35. The summed E-state index contributed by atoms with van der Waals surface area (Å²) >= 11 is 0.839. The third-order valence-electron chi connectivity index (χ3n) is 3.42. The SMILES string of the molecule is CCOc1ccccc1N1C(=O)S/C(=C\c2ccccc2O)C1=O. The lowest BCUT2D eigenvalue weighted by atomic mass is 10.2. The number of hydrogen-bond donors (Lipinski definition) is 1. The van der Waals surface area contributed by atoms with E-state index in [9.17, 15) is 14.7 Å². The number of thioether (sulfide) groups is 1. The minimum Gasteiger partial charge on any atom is -0.507 e. The van der Waals surface area contributed by atoms with E-state index >= 15 is 0 Å². The first kappa shape index (κ1) is 16.1. The second-order valence-electron chi connectivity index (χ2n) is 4.98. The molecule has 0 aromatic heterocycles. The van der Waals surface area contributed by atoms with Crippen LogP contribution in [0.4, 0.5) is 10.5 Å². The topological polar surface area (TPSA) is 66.8 Å². The molecular weight excluding hydrogens is 326 g/mol. The molecule has 1 heterocycles. The monoisotopic (exact) mass is 341 g/mol. The molecule has 0 unspecified atom stereocenters. The lowest BCUT2D eigenvalue weighted by Crippen LogP contribution is -2.28. The van der Waals surface area contributed by atoms with Crippen LogP contribution >= 0.6 is 11.8 Å². The number of carbonyl (C=O) groups is 2. The molecule has 1 saturated heterocycles. The molecule has 0 aliphatic carbocycles. The maximum Gasteiger partial charge on any atom is 0.298 e. The summed E-state index contributed by atoms with van der Waals surface area (Å²) in [5.74, 6) is 0.102. The second kappa shape index (κ2) is 6.80. The Hall–Kier alpha value is -2.73. The van der Waals surface area contributed by atoms with Crippen molar-refractivity contribution in [1.82, 2.24) is 0 Å². The van der Waals surface area contributed by atoms with E-state index in [1.54, 1.807) is 42.5 Å². The van der Waals surface area contributed by atoms with Gasteiger partial charge in [0.25, 0.3) is 11.1 Å². The highest BCUT2D eigenvalue weighted by Gasteiger charge is 2.37. The number of phenolic OH excluding ortho intramolecular Hbond substituents is 1. The lowest BCUT2D eigenvalue weighted by molar-refractivity contribution is -0.113. The maximum atomic E-state index is 12.7. The molecule has 0 radical (unpaired) electrons. The predicted octanol–water partition coefficient (Wildman–Crippen LogP) is 4.03. The Kier molecular flexibility index (Phi) is 4.57. The van der Waals surface area contributed by atoms with Gasteiger partial charge < -0.3 is 9.84 Å². The minimum atomic E-state index is -0.430. The van der Waals surface area contributed by atoms with Gasteiger partial charge in [0, 0.05) is 5.56 Å². The van der Waals surface area contributed by atoms with E-state index in [-0.39, 0.29) is 10.7 Å². The third kappa shape index (κ3) is 3.00. The lowest BCUT2D eigenvalue weighted by Gasteiger charge is -2.16. The van der Waals surface area contributed by atoms with Gasteiger partial charge in [0.2, 0.25) is 0 Å². The van der Waals surface area contributed by atoms with Gasteiger partial charge in [-0.1, -0.05) is 30.3 Å². The van der Waals surface area contributed by atoms with Crippen LogP contribution in [0.25, 0.3) is 6.08 Å². The summed E-state index contributed by atoms with van der Waals surface area (Å²) in [5.41, 5.74) is 0.906. The number of rotatable bonds is 4. The van der Waals surface area contributed by atoms with Crippen LogP contribution in [0.5, 0.6) is 11.5 Å². The summed E-state index contributed by atoms with van der Waals surface area (Å²) in [6.07, 6.45) is 1.52. The summed E-state index contributed by atoms with van der Waals surface area (Å²) in [4.78, 5) is 26.4. The van der Waals surface area contributed by atoms with E-state index in [0.717, 1.165) is 16.7 Å². The third-order valence-corrected chi connectivity index (χ3v) is 4.29. The summed E-state index contributed by atoms with van der Waals surface area (Å²) in [6, 6.07) is 13.6. The zero-order valence-corrected chi connectivity index (χ0v) is 13.7. The van der Waals surface area contributed by atoms with Crippen molar-refractivity contribution in [3.63, 3.8) is 0 Å². The van der Waals surface area contributed by atoms with Crippen LogP contribution in [0.3, 0.4) is 0 Å². The molecule has 0 spiro atoms. The van der Waals surface area contributed by atoms with Crippen LogP contribution in [-0.2, 0) is 4.79 Å². The smallest absolute Gasteiger partial charge is 0.298 e. The van der Waals surface area contributed by atoms with Gasteiger partial charge in [-0.2, -0.15) is 0 Å². The fourth-order valence-corrected chi connectivity index (χ4v) is 3.17.